The molecule has 1 unspecified atom stereocenters. The van der Waals surface area contributed by atoms with Crippen molar-refractivity contribution in [3.05, 3.63) is 69.7 Å². The highest BCUT2D eigenvalue weighted by Gasteiger charge is 2.16. The highest BCUT2D eigenvalue weighted by molar-refractivity contribution is 6.31. The van der Waals surface area contributed by atoms with Gasteiger partial charge in [-0.3, -0.25) is 11.3 Å². The maximum absolute atomic E-state index is 6.26. The molecule has 20 heavy (non-hydrogen) atoms. The first-order valence-corrected chi connectivity index (χ1v) is 7.47. The molecule has 0 saturated heterocycles. The van der Waals surface area contributed by atoms with E-state index in [-0.39, 0.29) is 6.04 Å². The number of hydrogen-bond acceptors (Lipinski definition) is 2. The number of hydrogen-bond donors (Lipinski definition) is 2. The summed E-state index contributed by atoms with van der Waals surface area (Å²) >= 11 is 6.26. The van der Waals surface area contributed by atoms with Gasteiger partial charge in [-0.15, -0.1) is 0 Å². The van der Waals surface area contributed by atoms with Gasteiger partial charge >= 0.3 is 0 Å². The van der Waals surface area contributed by atoms with Crippen LogP contribution in [0.3, 0.4) is 0 Å². The molecule has 0 fully saturated rings. The van der Waals surface area contributed by atoms with Crippen LogP contribution in [0.4, 0.5) is 0 Å². The summed E-state index contributed by atoms with van der Waals surface area (Å²) in [5.41, 5.74) is 8.26. The van der Waals surface area contributed by atoms with E-state index < -0.39 is 0 Å². The van der Waals surface area contributed by atoms with Crippen molar-refractivity contribution in [1.29, 1.82) is 0 Å². The largest absolute Gasteiger partial charge is 0.271 e. The Hall–Kier alpha value is -1.35. The average molecular weight is 287 g/mol. The summed E-state index contributed by atoms with van der Waals surface area (Å²) in [6.45, 7) is 0. The Balaban J connectivity index is 1.83. The van der Waals surface area contributed by atoms with E-state index in [4.69, 9.17) is 17.4 Å². The lowest BCUT2D eigenvalue weighted by Gasteiger charge is -2.18. The molecule has 1 atom stereocenters. The number of nitrogens with one attached hydrogen (secondary N) is 1. The van der Waals surface area contributed by atoms with Gasteiger partial charge in [0.2, 0.25) is 0 Å². The van der Waals surface area contributed by atoms with Crippen LogP contribution < -0.4 is 11.3 Å². The van der Waals surface area contributed by atoms with Crippen LogP contribution in [0.1, 0.15) is 34.7 Å². The van der Waals surface area contributed by atoms with Gasteiger partial charge in [-0.1, -0.05) is 48.0 Å². The van der Waals surface area contributed by atoms with Crippen LogP contribution in [0.15, 0.2) is 42.5 Å². The lowest BCUT2D eigenvalue weighted by atomic mass is 9.97. The Kier molecular flexibility index (Phi) is 4.06. The molecule has 0 aliphatic heterocycles. The van der Waals surface area contributed by atoms with Gasteiger partial charge in [-0.05, 0) is 54.0 Å². The number of nitrogens with two attached hydrogens (primary N) is 1. The van der Waals surface area contributed by atoms with E-state index in [2.05, 4.69) is 23.6 Å². The Labute approximate surface area is 124 Å². The molecular formula is C17H19ClN2. The first-order chi connectivity index (χ1) is 9.78. The topological polar surface area (TPSA) is 38.0 Å². The van der Waals surface area contributed by atoms with Crippen LogP contribution in [0.2, 0.25) is 5.02 Å². The molecule has 3 N–H and O–H groups in total. The zero-order valence-corrected chi connectivity index (χ0v) is 12.2. The van der Waals surface area contributed by atoms with Crippen LogP contribution in [0.25, 0.3) is 0 Å². The average Bonchev–Trinajstić information content (AvgIpc) is 2.93. The quantitative estimate of drug-likeness (QED) is 0.666. The van der Waals surface area contributed by atoms with Crippen molar-refractivity contribution in [2.75, 3.05) is 0 Å². The number of rotatable bonds is 4. The number of halogens is 1. The predicted molar refractivity (Wildman–Crippen MR) is 83.7 cm³/mol. The minimum absolute atomic E-state index is 0.0446. The van der Waals surface area contributed by atoms with Gasteiger partial charge in [-0.2, -0.15) is 0 Å². The van der Waals surface area contributed by atoms with Crippen LogP contribution >= 0.6 is 11.6 Å². The predicted octanol–water partition coefficient (Wildman–Crippen LogP) is 3.58. The second-order valence-corrected chi connectivity index (χ2v) is 5.81. The fourth-order valence-corrected chi connectivity index (χ4v) is 3.27. The van der Waals surface area contributed by atoms with E-state index in [1.54, 1.807) is 0 Å². The van der Waals surface area contributed by atoms with Crippen molar-refractivity contribution >= 4 is 11.6 Å². The van der Waals surface area contributed by atoms with Gasteiger partial charge in [-0.25, -0.2) is 0 Å². The van der Waals surface area contributed by atoms with Crippen molar-refractivity contribution < 1.29 is 0 Å². The van der Waals surface area contributed by atoms with Crippen LogP contribution in [-0.4, -0.2) is 0 Å². The first-order valence-electron chi connectivity index (χ1n) is 7.09. The third-order valence-electron chi connectivity index (χ3n) is 4.08. The van der Waals surface area contributed by atoms with Crippen molar-refractivity contribution in [1.82, 2.24) is 5.43 Å². The second kappa shape index (κ2) is 5.96. The molecule has 0 amide bonds. The van der Waals surface area contributed by atoms with Gasteiger partial charge in [0.25, 0.3) is 0 Å². The molecule has 0 heterocycles. The second-order valence-electron chi connectivity index (χ2n) is 5.40. The molecule has 0 radical (unpaired) electrons. The SMILES string of the molecule is NNC(Cc1ccc2c(c1)CCC2)c1ccccc1Cl. The minimum atomic E-state index is 0.0446. The number of hydrazine groups is 1. The first kappa shape index (κ1) is 13.6. The maximum Gasteiger partial charge on any atom is 0.0515 e. The van der Waals surface area contributed by atoms with E-state index in [0.29, 0.717) is 0 Å². The molecular weight excluding hydrogens is 268 g/mol. The Bertz CT molecular complexity index is 610. The molecule has 104 valence electrons. The summed E-state index contributed by atoms with van der Waals surface area (Å²) in [4.78, 5) is 0. The Morgan fingerprint density at radius 2 is 1.90 bits per heavy atom. The standard InChI is InChI=1S/C17H19ClN2/c18-16-7-2-1-6-15(16)17(20-19)11-12-8-9-13-4-3-5-14(13)10-12/h1-2,6-10,17,20H,3-5,11,19H2. The van der Waals surface area contributed by atoms with E-state index in [9.17, 15) is 0 Å². The summed E-state index contributed by atoms with van der Waals surface area (Å²) in [5, 5.41) is 0.761. The molecule has 3 heteroatoms. The zero-order valence-electron chi connectivity index (χ0n) is 11.4. The summed E-state index contributed by atoms with van der Waals surface area (Å²) < 4.78 is 0. The maximum atomic E-state index is 6.26. The van der Waals surface area contributed by atoms with Gasteiger partial charge in [0, 0.05) is 5.02 Å². The lowest BCUT2D eigenvalue weighted by molar-refractivity contribution is 0.552. The van der Waals surface area contributed by atoms with E-state index >= 15 is 0 Å². The Morgan fingerprint density at radius 1 is 1.10 bits per heavy atom. The van der Waals surface area contributed by atoms with Gasteiger partial charge in [0.15, 0.2) is 0 Å². The summed E-state index contributed by atoms with van der Waals surface area (Å²) in [6, 6.07) is 14.7. The van der Waals surface area contributed by atoms with Crippen LogP contribution in [-0.2, 0) is 19.3 Å². The highest BCUT2D eigenvalue weighted by Crippen LogP contribution is 2.28. The number of aryl methyl sites for hydroxylation is 2. The van der Waals surface area contributed by atoms with Crippen molar-refractivity contribution in [2.24, 2.45) is 5.84 Å². The molecule has 2 aromatic rings. The van der Waals surface area contributed by atoms with Crippen LogP contribution in [0.5, 0.6) is 0 Å². The molecule has 0 aromatic heterocycles. The minimum Gasteiger partial charge on any atom is -0.271 e. The van der Waals surface area contributed by atoms with Gasteiger partial charge in [0.1, 0.15) is 0 Å². The van der Waals surface area contributed by atoms with E-state index in [1.807, 2.05) is 24.3 Å². The summed E-state index contributed by atoms with van der Waals surface area (Å²) in [6.07, 6.45) is 4.56. The van der Waals surface area contributed by atoms with E-state index in [1.165, 1.54) is 36.0 Å². The van der Waals surface area contributed by atoms with Gasteiger partial charge < -0.3 is 0 Å². The van der Waals surface area contributed by atoms with Crippen LogP contribution in [0, 0.1) is 0 Å². The third-order valence-corrected chi connectivity index (χ3v) is 4.43. The fourth-order valence-electron chi connectivity index (χ4n) is 3.00. The summed E-state index contributed by atoms with van der Waals surface area (Å²) in [7, 11) is 0. The molecule has 1 aliphatic rings. The fraction of sp³-hybridized carbons (Fsp3) is 0.294. The lowest BCUT2D eigenvalue weighted by Crippen LogP contribution is -2.29. The number of fused-ring (bicyclic) bond motifs is 1. The normalized spacial score (nSPS) is 15.1. The molecule has 2 aromatic carbocycles. The molecule has 3 rings (SSSR count). The molecule has 0 saturated carbocycles. The highest BCUT2D eigenvalue weighted by atomic mass is 35.5. The Morgan fingerprint density at radius 3 is 2.70 bits per heavy atom. The summed E-state index contributed by atoms with van der Waals surface area (Å²) in [5.74, 6) is 5.73. The van der Waals surface area contributed by atoms with Crippen molar-refractivity contribution in [2.45, 2.75) is 31.7 Å². The smallest absolute Gasteiger partial charge is 0.0515 e. The van der Waals surface area contributed by atoms with Crippen molar-refractivity contribution in [3.63, 3.8) is 0 Å². The molecule has 0 bridgehead atoms. The van der Waals surface area contributed by atoms with Gasteiger partial charge in [0.05, 0.1) is 6.04 Å². The molecule has 1 aliphatic carbocycles. The monoisotopic (exact) mass is 286 g/mol. The third kappa shape index (κ3) is 2.73. The number of benzene rings is 2. The van der Waals surface area contributed by atoms with Crippen molar-refractivity contribution in [3.8, 4) is 0 Å². The van der Waals surface area contributed by atoms with E-state index in [0.717, 1.165) is 17.0 Å². The molecule has 2 nitrogen and oxygen atoms in total. The zero-order chi connectivity index (χ0) is 13.9. The molecule has 0 spiro atoms.